The van der Waals surface area contributed by atoms with Gasteiger partial charge in [-0.3, -0.25) is 9.78 Å². The van der Waals surface area contributed by atoms with Gasteiger partial charge in [-0.15, -0.1) is 0 Å². The number of nitriles is 1. The number of primary amides is 1. The molecule has 146 valence electrons. The van der Waals surface area contributed by atoms with E-state index in [1.54, 1.807) is 17.9 Å². The molecule has 3 rings (SSSR count). The zero-order valence-corrected chi connectivity index (χ0v) is 14.9. The molecule has 2 aromatic rings. The first-order chi connectivity index (χ1) is 13.1. The molecule has 1 aliphatic heterocycles. The summed E-state index contributed by atoms with van der Waals surface area (Å²) < 4.78 is 39.8. The van der Waals surface area contributed by atoms with Crippen molar-refractivity contribution in [1.82, 2.24) is 4.98 Å². The number of nitrogens with two attached hydrogens (primary N) is 1. The van der Waals surface area contributed by atoms with Crippen LogP contribution in [0.25, 0.3) is 0 Å². The van der Waals surface area contributed by atoms with Gasteiger partial charge in [0.05, 0.1) is 23.2 Å². The van der Waals surface area contributed by atoms with Crippen molar-refractivity contribution in [3.8, 4) is 6.07 Å². The number of hydrogen-bond donors (Lipinski definition) is 2. The van der Waals surface area contributed by atoms with E-state index in [2.05, 4.69) is 4.98 Å². The molecule has 2 heterocycles. The van der Waals surface area contributed by atoms with Crippen molar-refractivity contribution in [1.29, 1.82) is 5.26 Å². The predicted octanol–water partition coefficient (Wildman–Crippen LogP) is 2.56. The van der Waals surface area contributed by atoms with E-state index in [0.29, 0.717) is 12.1 Å². The maximum atomic E-state index is 13.3. The van der Waals surface area contributed by atoms with E-state index >= 15 is 0 Å². The van der Waals surface area contributed by atoms with Crippen molar-refractivity contribution >= 4 is 11.6 Å². The van der Waals surface area contributed by atoms with Gasteiger partial charge < -0.3 is 15.7 Å². The summed E-state index contributed by atoms with van der Waals surface area (Å²) in [5.74, 6) is -0.697. The Morgan fingerprint density at radius 2 is 2.11 bits per heavy atom. The van der Waals surface area contributed by atoms with Gasteiger partial charge in [0.2, 0.25) is 0 Å². The van der Waals surface area contributed by atoms with Gasteiger partial charge in [-0.25, -0.2) is 0 Å². The van der Waals surface area contributed by atoms with Crippen LogP contribution in [-0.2, 0) is 11.8 Å². The van der Waals surface area contributed by atoms with Crippen LogP contribution in [0.3, 0.4) is 0 Å². The number of carbonyl (C=O) groups is 1. The summed E-state index contributed by atoms with van der Waals surface area (Å²) in [5, 5.41) is 20.1. The first-order valence-electron chi connectivity index (χ1n) is 8.44. The van der Waals surface area contributed by atoms with Gasteiger partial charge in [-0.05, 0) is 37.6 Å². The van der Waals surface area contributed by atoms with Gasteiger partial charge in [-0.1, -0.05) is 6.07 Å². The number of nitrogens with zero attached hydrogens (tertiary/aromatic N) is 3. The van der Waals surface area contributed by atoms with Crippen molar-refractivity contribution in [3.63, 3.8) is 0 Å². The smallest absolute Gasteiger partial charge is 0.383 e. The van der Waals surface area contributed by atoms with Crippen molar-refractivity contribution in [3.05, 3.63) is 58.9 Å². The van der Waals surface area contributed by atoms with Gasteiger partial charge in [0.15, 0.2) is 0 Å². The highest BCUT2D eigenvalue weighted by molar-refractivity contribution is 5.90. The van der Waals surface area contributed by atoms with Gasteiger partial charge in [0.25, 0.3) is 5.91 Å². The Labute approximate surface area is 159 Å². The summed E-state index contributed by atoms with van der Waals surface area (Å²) in [4.78, 5) is 16.7. The highest BCUT2D eigenvalue weighted by atomic mass is 19.4. The Morgan fingerprint density at radius 3 is 2.64 bits per heavy atom. The van der Waals surface area contributed by atoms with Gasteiger partial charge >= 0.3 is 6.18 Å². The van der Waals surface area contributed by atoms with Crippen LogP contribution in [0.1, 0.15) is 40.5 Å². The molecule has 1 amide bonds. The molecule has 6 nitrogen and oxygen atoms in total. The largest absolute Gasteiger partial charge is 0.417 e. The summed E-state index contributed by atoms with van der Waals surface area (Å²) in [7, 11) is 0. The van der Waals surface area contributed by atoms with E-state index in [1.807, 2.05) is 0 Å². The molecule has 0 radical (unpaired) electrons. The number of hydrogen-bond acceptors (Lipinski definition) is 5. The number of aromatic nitrogens is 1. The lowest BCUT2D eigenvalue weighted by molar-refractivity contribution is -0.137. The van der Waals surface area contributed by atoms with Crippen LogP contribution in [0.15, 0.2) is 36.5 Å². The molecule has 1 aromatic heterocycles. The van der Waals surface area contributed by atoms with Gasteiger partial charge in [0.1, 0.15) is 11.3 Å². The molecule has 9 heteroatoms. The van der Waals surface area contributed by atoms with Crippen LogP contribution >= 0.6 is 0 Å². The van der Waals surface area contributed by atoms with Crippen LogP contribution < -0.4 is 10.6 Å². The minimum absolute atomic E-state index is 0.0526. The second kappa shape index (κ2) is 6.80. The lowest BCUT2D eigenvalue weighted by atomic mass is 9.88. The van der Waals surface area contributed by atoms with E-state index in [0.717, 1.165) is 12.1 Å². The SMILES string of the molecule is C[C@@H]1N(c2ccc(C#N)c(C(F)(F)F)c2)CC[C@@]1(O)c1ccc(C(N)=O)nc1. The van der Waals surface area contributed by atoms with Crippen LogP contribution in [0.4, 0.5) is 18.9 Å². The third-order valence-corrected chi connectivity index (χ3v) is 5.17. The molecule has 3 N–H and O–H groups in total. The average Bonchev–Trinajstić information content (AvgIpc) is 2.96. The van der Waals surface area contributed by atoms with E-state index in [1.165, 1.54) is 24.4 Å². The number of anilines is 1. The van der Waals surface area contributed by atoms with E-state index < -0.39 is 34.9 Å². The van der Waals surface area contributed by atoms with E-state index in [-0.39, 0.29) is 17.8 Å². The molecule has 1 aliphatic rings. The maximum absolute atomic E-state index is 13.3. The quantitative estimate of drug-likeness (QED) is 0.838. The molecule has 0 aliphatic carbocycles. The number of carbonyl (C=O) groups excluding carboxylic acids is 1. The van der Waals surface area contributed by atoms with Crippen LogP contribution in [0.5, 0.6) is 0 Å². The van der Waals surface area contributed by atoms with Crippen molar-refractivity contribution in [2.45, 2.75) is 31.2 Å². The molecule has 1 saturated heterocycles. The van der Waals surface area contributed by atoms with Crippen LogP contribution in [0.2, 0.25) is 0 Å². The molecule has 2 atom stereocenters. The van der Waals surface area contributed by atoms with Crippen LogP contribution in [0, 0.1) is 11.3 Å². The fourth-order valence-corrected chi connectivity index (χ4v) is 3.53. The molecule has 28 heavy (non-hydrogen) atoms. The summed E-state index contributed by atoms with van der Waals surface area (Å²) in [6, 6.07) is 7.41. The Morgan fingerprint density at radius 1 is 1.39 bits per heavy atom. The molecule has 1 aromatic carbocycles. The van der Waals surface area contributed by atoms with Crippen molar-refractivity contribution < 1.29 is 23.1 Å². The summed E-state index contributed by atoms with van der Waals surface area (Å²) in [6.07, 6.45) is -3.05. The number of aliphatic hydroxyl groups is 1. The van der Waals surface area contributed by atoms with Crippen molar-refractivity contribution in [2.75, 3.05) is 11.4 Å². The number of halogens is 3. The minimum atomic E-state index is -4.66. The molecule has 1 fully saturated rings. The standard InChI is InChI=1S/C19H17F3N4O2/c1-11-18(28,13-3-5-16(17(24)27)25-10-13)6-7-26(11)14-4-2-12(9-23)15(8-14)19(20,21)22/h2-5,8,10-11,28H,6-7H2,1H3,(H2,24,27)/t11-,18-/m0/s1. The Bertz CT molecular complexity index is 953. The molecular formula is C19H17F3N4O2. The molecule has 0 bridgehead atoms. The fraction of sp³-hybridized carbons (Fsp3) is 0.316. The van der Waals surface area contributed by atoms with E-state index in [4.69, 9.17) is 11.0 Å². The zero-order valence-electron chi connectivity index (χ0n) is 14.9. The monoisotopic (exact) mass is 390 g/mol. The normalized spacial score (nSPS) is 22.1. The zero-order chi connectivity index (χ0) is 20.7. The maximum Gasteiger partial charge on any atom is 0.417 e. The first-order valence-corrected chi connectivity index (χ1v) is 8.44. The van der Waals surface area contributed by atoms with Gasteiger partial charge in [-0.2, -0.15) is 18.4 Å². The summed E-state index contributed by atoms with van der Waals surface area (Å²) >= 11 is 0. The molecule has 0 unspecified atom stereocenters. The molecular weight excluding hydrogens is 373 g/mol. The van der Waals surface area contributed by atoms with E-state index in [9.17, 15) is 23.1 Å². The second-order valence-corrected chi connectivity index (χ2v) is 6.68. The Hall–Kier alpha value is -3.12. The second-order valence-electron chi connectivity index (χ2n) is 6.68. The Balaban J connectivity index is 1.95. The van der Waals surface area contributed by atoms with Gasteiger partial charge in [0, 0.05) is 24.0 Å². The van der Waals surface area contributed by atoms with Crippen molar-refractivity contribution in [2.24, 2.45) is 5.73 Å². The van der Waals surface area contributed by atoms with Crippen LogP contribution in [-0.4, -0.2) is 28.6 Å². The molecule has 0 spiro atoms. The average molecular weight is 390 g/mol. The first kappa shape index (κ1) is 19.6. The number of amides is 1. The highest BCUT2D eigenvalue weighted by Gasteiger charge is 2.45. The fourth-order valence-electron chi connectivity index (χ4n) is 3.53. The lowest BCUT2D eigenvalue weighted by Gasteiger charge is -2.33. The lowest BCUT2D eigenvalue weighted by Crippen LogP contribution is -2.40. The Kier molecular flexibility index (Phi) is 4.77. The third-order valence-electron chi connectivity index (χ3n) is 5.17. The number of alkyl halides is 3. The number of pyridine rings is 1. The number of rotatable bonds is 3. The highest BCUT2D eigenvalue weighted by Crippen LogP contribution is 2.41. The summed E-state index contributed by atoms with van der Waals surface area (Å²) in [5.41, 5.74) is 3.09. The minimum Gasteiger partial charge on any atom is -0.383 e. The molecule has 0 saturated carbocycles. The third kappa shape index (κ3) is 3.27. The predicted molar refractivity (Wildman–Crippen MR) is 94.2 cm³/mol. The topological polar surface area (TPSA) is 103 Å². The number of benzene rings is 1. The summed E-state index contributed by atoms with van der Waals surface area (Å²) in [6.45, 7) is 2.00.